The molecule has 0 atom stereocenters. The Labute approximate surface area is 107 Å². The van der Waals surface area contributed by atoms with Gasteiger partial charge in [-0.3, -0.25) is 4.79 Å². The lowest BCUT2D eigenvalue weighted by Crippen LogP contribution is -2.28. The second-order valence-corrected chi connectivity index (χ2v) is 4.56. The Morgan fingerprint density at radius 1 is 1.61 bits per heavy atom. The van der Waals surface area contributed by atoms with Crippen LogP contribution in [0.4, 0.5) is 0 Å². The molecule has 1 aromatic heterocycles. The first kappa shape index (κ1) is 12.9. The molecule has 0 spiro atoms. The van der Waals surface area contributed by atoms with E-state index in [9.17, 15) is 4.79 Å². The Bertz CT molecular complexity index is 412. The molecule has 1 fully saturated rings. The molecule has 6 heteroatoms. The van der Waals surface area contributed by atoms with Gasteiger partial charge in [0.1, 0.15) is 0 Å². The van der Waals surface area contributed by atoms with Crippen LogP contribution in [-0.2, 0) is 18.4 Å². The number of amides is 1. The smallest absolute Gasteiger partial charge is 0.221 e. The van der Waals surface area contributed by atoms with Crippen LogP contribution in [0.3, 0.4) is 0 Å². The van der Waals surface area contributed by atoms with Crippen molar-refractivity contribution < 1.29 is 9.53 Å². The molecule has 0 aromatic carbocycles. The van der Waals surface area contributed by atoms with Gasteiger partial charge >= 0.3 is 0 Å². The second kappa shape index (κ2) is 5.86. The predicted molar refractivity (Wildman–Crippen MR) is 67.2 cm³/mol. The maximum absolute atomic E-state index is 11.6. The van der Waals surface area contributed by atoms with E-state index in [-0.39, 0.29) is 5.91 Å². The van der Waals surface area contributed by atoms with Crippen LogP contribution in [-0.4, -0.2) is 35.4 Å². The summed E-state index contributed by atoms with van der Waals surface area (Å²) in [6.07, 6.45) is 3.01. The summed E-state index contributed by atoms with van der Waals surface area (Å²) in [6, 6.07) is 2.47. The average Bonchev–Trinajstić information content (AvgIpc) is 3.09. The fourth-order valence-electron chi connectivity index (χ4n) is 1.74. The van der Waals surface area contributed by atoms with Crippen molar-refractivity contribution in [2.24, 2.45) is 7.05 Å². The van der Waals surface area contributed by atoms with Crippen molar-refractivity contribution in [3.63, 3.8) is 0 Å². The largest absolute Gasteiger partial charge is 0.481 e. The van der Waals surface area contributed by atoms with Gasteiger partial charge in [0.25, 0.3) is 0 Å². The maximum atomic E-state index is 11.6. The molecule has 1 saturated carbocycles. The summed E-state index contributed by atoms with van der Waals surface area (Å²) in [4.78, 5) is 11.6. The summed E-state index contributed by atoms with van der Waals surface area (Å²) >= 11 is 0. The number of carbonyl (C=O) groups excluding carboxylic acids is 1. The van der Waals surface area contributed by atoms with Gasteiger partial charge in [-0.2, -0.15) is 5.10 Å². The maximum Gasteiger partial charge on any atom is 0.221 e. The first-order valence-corrected chi connectivity index (χ1v) is 6.26. The van der Waals surface area contributed by atoms with Crippen molar-refractivity contribution in [1.29, 1.82) is 0 Å². The van der Waals surface area contributed by atoms with E-state index in [0.717, 1.165) is 12.2 Å². The summed E-state index contributed by atoms with van der Waals surface area (Å²) in [5.41, 5.74) is 0.804. The molecular formula is C12H20N4O2. The van der Waals surface area contributed by atoms with Gasteiger partial charge < -0.3 is 15.4 Å². The number of nitrogens with one attached hydrogen (secondary N) is 2. The third kappa shape index (κ3) is 3.73. The first-order valence-electron chi connectivity index (χ1n) is 6.26. The Morgan fingerprint density at radius 3 is 3.00 bits per heavy atom. The van der Waals surface area contributed by atoms with Crippen LogP contribution in [0.15, 0.2) is 6.07 Å². The first-order chi connectivity index (χ1) is 8.69. The highest BCUT2D eigenvalue weighted by Crippen LogP contribution is 2.18. The molecule has 18 heavy (non-hydrogen) atoms. The molecule has 0 unspecified atom stereocenters. The predicted octanol–water partition coefficient (Wildman–Crippen LogP) is 0.187. The summed E-state index contributed by atoms with van der Waals surface area (Å²) < 4.78 is 6.76. The lowest BCUT2D eigenvalue weighted by atomic mass is 10.3. The summed E-state index contributed by atoms with van der Waals surface area (Å²) in [5, 5.41) is 10.4. The fourth-order valence-corrected chi connectivity index (χ4v) is 1.74. The van der Waals surface area contributed by atoms with Crippen LogP contribution in [0.25, 0.3) is 0 Å². The molecule has 0 bridgehead atoms. The zero-order chi connectivity index (χ0) is 13.0. The topological polar surface area (TPSA) is 68.2 Å². The molecule has 2 rings (SSSR count). The average molecular weight is 252 g/mol. The highest BCUT2D eigenvalue weighted by Gasteiger charge is 2.20. The van der Waals surface area contributed by atoms with Crippen molar-refractivity contribution in [3.8, 4) is 5.88 Å². The van der Waals surface area contributed by atoms with Gasteiger partial charge in [0.05, 0.1) is 19.3 Å². The van der Waals surface area contributed by atoms with Gasteiger partial charge in [-0.05, 0) is 12.8 Å². The van der Waals surface area contributed by atoms with Gasteiger partial charge in [0, 0.05) is 32.1 Å². The minimum atomic E-state index is 0.0489. The highest BCUT2D eigenvalue weighted by atomic mass is 16.5. The molecule has 0 aliphatic heterocycles. The van der Waals surface area contributed by atoms with Gasteiger partial charge in [-0.1, -0.05) is 0 Å². The third-order valence-corrected chi connectivity index (χ3v) is 2.93. The van der Waals surface area contributed by atoms with E-state index in [0.29, 0.717) is 24.9 Å². The zero-order valence-electron chi connectivity index (χ0n) is 10.9. The van der Waals surface area contributed by atoms with E-state index in [2.05, 4.69) is 15.7 Å². The van der Waals surface area contributed by atoms with Crippen molar-refractivity contribution in [1.82, 2.24) is 20.4 Å². The van der Waals surface area contributed by atoms with E-state index in [4.69, 9.17) is 4.74 Å². The van der Waals surface area contributed by atoms with E-state index in [1.807, 2.05) is 13.1 Å². The Morgan fingerprint density at radius 2 is 2.39 bits per heavy atom. The number of carbonyl (C=O) groups is 1. The van der Waals surface area contributed by atoms with Crippen LogP contribution in [0.2, 0.25) is 0 Å². The molecule has 1 aliphatic rings. The molecule has 1 aliphatic carbocycles. The number of ether oxygens (including phenoxy) is 1. The van der Waals surface area contributed by atoms with Crippen LogP contribution < -0.4 is 15.4 Å². The number of aromatic nitrogens is 2. The van der Waals surface area contributed by atoms with E-state index >= 15 is 0 Å². The number of methoxy groups -OCH3 is 1. The number of hydrogen-bond acceptors (Lipinski definition) is 4. The van der Waals surface area contributed by atoms with Gasteiger partial charge in [0.15, 0.2) is 0 Å². The molecule has 0 saturated heterocycles. The van der Waals surface area contributed by atoms with E-state index in [1.165, 1.54) is 12.8 Å². The minimum Gasteiger partial charge on any atom is -0.481 e. The number of rotatable bonds is 7. The SMILES string of the molecule is COc1cc(CNC(=O)CCNC2CC2)nn1C. The second-order valence-electron chi connectivity index (χ2n) is 4.56. The van der Waals surface area contributed by atoms with E-state index < -0.39 is 0 Å². The monoisotopic (exact) mass is 252 g/mol. The Hall–Kier alpha value is -1.56. The van der Waals surface area contributed by atoms with Gasteiger partial charge in [-0.15, -0.1) is 0 Å². The minimum absolute atomic E-state index is 0.0489. The van der Waals surface area contributed by atoms with Crippen molar-refractivity contribution in [3.05, 3.63) is 11.8 Å². The molecule has 1 amide bonds. The highest BCUT2D eigenvalue weighted by molar-refractivity contribution is 5.76. The molecule has 6 nitrogen and oxygen atoms in total. The summed E-state index contributed by atoms with van der Waals surface area (Å²) in [5.74, 6) is 0.738. The summed E-state index contributed by atoms with van der Waals surface area (Å²) in [6.45, 7) is 1.20. The van der Waals surface area contributed by atoms with E-state index in [1.54, 1.807) is 11.8 Å². The Balaban J connectivity index is 1.67. The zero-order valence-corrected chi connectivity index (χ0v) is 10.9. The Kier molecular flexibility index (Phi) is 4.19. The van der Waals surface area contributed by atoms with Crippen LogP contribution in [0.1, 0.15) is 25.0 Å². The third-order valence-electron chi connectivity index (χ3n) is 2.93. The quantitative estimate of drug-likeness (QED) is 0.727. The number of hydrogen-bond donors (Lipinski definition) is 2. The molecule has 1 aromatic rings. The van der Waals surface area contributed by atoms with Crippen molar-refractivity contribution >= 4 is 5.91 Å². The molecular weight excluding hydrogens is 232 g/mol. The van der Waals surface area contributed by atoms with Gasteiger partial charge in [0.2, 0.25) is 11.8 Å². The normalized spacial score (nSPS) is 14.6. The molecule has 1 heterocycles. The van der Waals surface area contributed by atoms with Crippen LogP contribution in [0.5, 0.6) is 5.88 Å². The summed E-state index contributed by atoms with van der Waals surface area (Å²) in [7, 11) is 3.41. The van der Waals surface area contributed by atoms with Crippen LogP contribution in [0, 0.1) is 0 Å². The number of aryl methyl sites for hydroxylation is 1. The molecule has 100 valence electrons. The molecule has 2 N–H and O–H groups in total. The standard InChI is InChI=1S/C12H20N4O2/c1-16-12(18-2)7-10(15-16)8-14-11(17)5-6-13-9-3-4-9/h7,9,13H,3-6,8H2,1-2H3,(H,14,17). The van der Waals surface area contributed by atoms with Crippen molar-refractivity contribution in [2.75, 3.05) is 13.7 Å². The lowest BCUT2D eigenvalue weighted by Gasteiger charge is -2.03. The van der Waals surface area contributed by atoms with Crippen molar-refractivity contribution in [2.45, 2.75) is 31.8 Å². The lowest BCUT2D eigenvalue weighted by molar-refractivity contribution is -0.121. The number of nitrogens with zero attached hydrogens (tertiary/aromatic N) is 2. The molecule has 0 radical (unpaired) electrons. The van der Waals surface area contributed by atoms with Gasteiger partial charge in [-0.25, -0.2) is 4.68 Å². The fraction of sp³-hybridized carbons (Fsp3) is 0.667. The van der Waals surface area contributed by atoms with Crippen LogP contribution >= 0.6 is 0 Å².